The van der Waals surface area contributed by atoms with Crippen molar-refractivity contribution in [2.45, 2.75) is 6.42 Å². The van der Waals surface area contributed by atoms with Gasteiger partial charge in [0.2, 0.25) is 5.65 Å². The van der Waals surface area contributed by atoms with Crippen molar-refractivity contribution in [1.82, 2.24) is 19.6 Å². The van der Waals surface area contributed by atoms with Crippen molar-refractivity contribution >= 4 is 11.5 Å². The number of benzene rings is 1. The maximum atomic E-state index is 13.0. The van der Waals surface area contributed by atoms with Crippen LogP contribution in [0.2, 0.25) is 0 Å². The van der Waals surface area contributed by atoms with Gasteiger partial charge < -0.3 is 5.32 Å². The summed E-state index contributed by atoms with van der Waals surface area (Å²) < 4.78 is 14.8. The summed E-state index contributed by atoms with van der Waals surface area (Å²) in [5.74, 6) is 0.464. The minimum Gasteiger partial charge on any atom is -0.367 e. The summed E-state index contributed by atoms with van der Waals surface area (Å²) in [6.07, 6.45) is 5.80. The molecule has 0 aliphatic rings. The van der Waals surface area contributed by atoms with Crippen LogP contribution in [0.15, 0.2) is 43.0 Å². The fraction of sp³-hybridized carbons (Fsp3) is 0.154. The van der Waals surface area contributed by atoms with Gasteiger partial charge in [0.05, 0.1) is 0 Å². The third kappa shape index (κ3) is 2.52. The summed E-state index contributed by atoms with van der Waals surface area (Å²) in [5, 5.41) is 11.0. The predicted molar refractivity (Wildman–Crippen MR) is 69.4 cm³/mol. The Morgan fingerprint density at radius 2 is 2.26 bits per heavy atom. The number of hydrogen-bond acceptors (Lipinski definition) is 4. The molecule has 0 aliphatic carbocycles. The lowest BCUT2D eigenvalue weighted by molar-refractivity contribution is 0.625. The second-order valence-electron chi connectivity index (χ2n) is 4.14. The Balaban J connectivity index is 1.68. The lowest BCUT2D eigenvalue weighted by Gasteiger charge is -2.06. The molecule has 0 unspecified atom stereocenters. The third-order valence-electron chi connectivity index (χ3n) is 2.81. The first-order chi connectivity index (χ1) is 9.33. The predicted octanol–water partition coefficient (Wildman–Crippen LogP) is 1.92. The van der Waals surface area contributed by atoms with Crippen molar-refractivity contribution in [1.29, 1.82) is 0 Å². The zero-order chi connectivity index (χ0) is 13.1. The fourth-order valence-corrected chi connectivity index (χ4v) is 1.90. The van der Waals surface area contributed by atoms with Gasteiger partial charge in [-0.15, -0.1) is 10.2 Å². The molecule has 0 aliphatic heterocycles. The van der Waals surface area contributed by atoms with E-state index in [0.717, 1.165) is 5.56 Å². The summed E-state index contributed by atoms with van der Waals surface area (Å²) in [7, 11) is 0. The van der Waals surface area contributed by atoms with Crippen molar-refractivity contribution in [3.05, 3.63) is 54.4 Å². The van der Waals surface area contributed by atoms with Gasteiger partial charge in [0.1, 0.15) is 12.1 Å². The molecule has 0 radical (unpaired) electrons. The molecule has 1 aromatic carbocycles. The largest absolute Gasteiger partial charge is 0.367 e. The van der Waals surface area contributed by atoms with E-state index in [1.807, 2.05) is 6.07 Å². The molecule has 96 valence electrons. The van der Waals surface area contributed by atoms with Crippen molar-refractivity contribution in [3.63, 3.8) is 0 Å². The van der Waals surface area contributed by atoms with Crippen LogP contribution >= 0.6 is 0 Å². The van der Waals surface area contributed by atoms with Crippen LogP contribution in [-0.4, -0.2) is 26.1 Å². The molecular weight excluding hydrogens is 245 g/mol. The van der Waals surface area contributed by atoms with E-state index in [-0.39, 0.29) is 5.82 Å². The normalized spacial score (nSPS) is 10.8. The highest BCUT2D eigenvalue weighted by Crippen LogP contribution is 2.10. The maximum Gasteiger partial charge on any atom is 0.203 e. The molecule has 5 nitrogen and oxygen atoms in total. The molecule has 0 amide bonds. The summed E-state index contributed by atoms with van der Waals surface area (Å²) in [4.78, 5) is 4.22. The van der Waals surface area contributed by atoms with E-state index in [2.05, 4.69) is 20.5 Å². The molecule has 0 saturated heterocycles. The monoisotopic (exact) mass is 257 g/mol. The topological polar surface area (TPSA) is 55.1 Å². The third-order valence-corrected chi connectivity index (χ3v) is 2.81. The molecule has 0 bridgehead atoms. The molecule has 2 aromatic heterocycles. The van der Waals surface area contributed by atoms with E-state index in [0.29, 0.717) is 24.4 Å². The number of hydrogen-bond donors (Lipinski definition) is 1. The van der Waals surface area contributed by atoms with Crippen molar-refractivity contribution in [2.24, 2.45) is 0 Å². The minimum absolute atomic E-state index is 0.213. The van der Waals surface area contributed by atoms with Gasteiger partial charge in [0.15, 0.2) is 5.82 Å². The van der Waals surface area contributed by atoms with Gasteiger partial charge in [-0.1, -0.05) is 12.1 Å². The second kappa shape index (κ2) is 5.01. The first-order valence-electron chi connectivity index (χ1n) is 5.95. The van der Waals surface area contributed by atoms with Gasteiger partial charge in [-0.3, -0.25) is 4.40 Å². The van der Waals surface area contributed by atoms with E-state index >= 15 is 0 Å². The van der Waals surface area contributed by atoms with Gasteiger partial charge in [0.25, 0.3) is 0 Å². The first-order valence-corrected chi connectivity index (χ1v) is 5.95. The van der Waals surface area contributed by atoms with Crippen LogP contribution in [0.3, 0.4) is 0 Å². The molecule has 0 atom stereocenters. The second-order valence-corrected chi connectivity index (χ2v) is 4.14. The number of fused-ring (bicyclic) bond motifs is 1. The number of aromatic nitrogens is 4. The molecule has 0 fully saturated rings. The van der Waals surface area contributed by atoms with Crippen molar-refractivity contribution in [2.75, 3.05) is 11.9 Å². The Morgan fingerprint density at radius 1 is 1.32 bits per heavy atom. The van der Waals surface area contributed by atoms with E-state index in [4.69, 9.17) is 0 Å². The van der Waals surface area contributed by atoms with Crippen LogP contribution < -0.4 is 5.32 Å². The van der Waals surface area contributed by atoms with Crippen molar-refractivity contribution < 1.29 is 4.39 Å². The summed E-state index contributed by atoms with van der Waals surface area (Å²) >= 11 is 0. The van der Waals surface area contributed by atoms with Crippen LogP contribution in [-0.2, 0) is 6.42 Å². The molecule has 2 heterocycles. The number of nitrogens with zero attached hydrogens (tertiary/aromatic N) is 4. The maximum absolute atomic E-state index is 13.0. The molecular formula is C13H12FN5. The minimum atomic E-state index is -0.213. The van der Waals surface area contributed by atoms with Gasteiger partial charge in [0, 0.05) is 18.9 Å². The Labute approximate surface area is 109 Å². The molecule has 19 heavy (non-hydrogen) atoms. The van der Waals surface area contributed by atoms with E-state index in [9.17, 15) is 4.39 Å². The molecule has 6 heteroatoms. The summed E-state index contributed by atoms with van der Waals surface area (Å²) in [6.45, 7) is 0.656. The Bertz CT molecular complexity index is 694. The van der Waals surface area contributed by atoms with E-state index < -0.39 is 0 Å². The lowest BCUT2D eigenvalue weighted by atomic mass is 10.1. The molecule has 0 saturated carbocycles. The average molecular weight is 257 g/mol. The van der Waals surface area contributed by atoms with E-state index in [1.165, 1.54) is 12.1 Å². The molecule has 0 spiro atoms. The van der Waals surface area contributed by atoms with Crippen LogP contribution in [0, 0.1) is 5.82 Å². The SMILES string of the molecule is Fc1cccc(CCNc2nccn3cnnc23)c1. The lowest BCUT2D eigenvalue weighted by Crippen LogP contribution is -2.07. The highest BCUT2D eigenvalue weighted by Gasteiger charge is 2.03. The zero-order valence-corrected chi connectivity index (χ0v) is 10.1. The molecule has 3 aromatic rings. The van der Waals surface area contributed by atoms with E-state index in [1.54, 1.807) is 29.2 Å². The highest BCUT2D eigenvalue weighted by molar-refractivity contribution is 5.61. The van der Waals surface area contributed by atoms with Crippen LogP contribution in [0.1, 0.15) is 5.56 Å². The Hall–Kier alpha value is -2.50. The van der Waals surface area contributed by atoms with Gasteiger partial charge in [-0.2, -0.15) is 0 Å². The van der Waals surface area contributed by atoms with Crippen molar-refractivity contribution in [3.8, 4) is 0 Å². The Kier molecular flexibility index (Phi) is 3.06. The number of halogens is 1. The standard InChI is InChI=1S/C13H12FN5/c14-11-3-1-2-10(8-11)4-5-15-12-13-18-17-9-19(13)7-6-16-12/h1-3,6-9H,4-5H2,(H,15,16). The zero-order valence-electron chi connectivity index (χ0n) is 10.1. The number of anilines is 1. The smallest absolute Gasteiger partial charge is 0.203 e. The summed E-state index contributed by atoms with van der Waals surface area (Å²) in [5.41, 5.74) is 1.63. The van der Waals surface area contributed by atoms with Crippen LogP contribution in [0.25, 0.3) is 5.65 Å². The quantitative estimate of drug-likeness (QED) is 0.775. The summed E-state index contributed by atoms with van der Waals surface area (Å²) in [6, 6.07) is 6.58. The van der Waals surface area contributed by atoms with Crippen LogP contribution in [0.4, 0.5) is 10.2 Å². The molecule has 3 rings (SSSR count). The number of nitrogens with one attached hydrogen (secondary N) is 1. The number of rotatable bonds is 4. The van der Waals surface area contributed by atoms with Gasteiger partial charge in [-0.25, -0.2) is 9.37 Å². The first kappa shape index (κ1) is 11.6. The fourth-order valence-electron chi connectivity index (χ4n) is 1.90. The average Bonchev–Trinajstić information content (AvgIpc) is 2.88. The van der Waals surface area contributed by atoms with Crippen LogP contribution in [0.5, 0.6) is 0 Å². The highest BCUT2D eigenvalue weighted by atomic mass is 19.1. The molecule has 1 N–H and O–H groups in total. The van der Waals surface area contributed by atoms with Gasteiger partial charge in [-0.05, 0) is 24.1 Å². The van der Waals surface area contributed by atoms with Gasteiger partial charge >= 0.3 is 0 Å². The Morgan fingerprint density at radius 3 is 3.16 bits per heavy atom.